The summed E-state index contributed by atoms with van der Waals surface area (Å²) in [5.41, 5.74) is -0.481. The minimum Gasteiger partial charge on any atom is -0.481 e. The zero-order valence-electron chi connectivity index (χ0n) is 10.7. The molecule has 100 valence electrons. The highest BCUT2D eigenvalue weighted by Gasteiger charge is 2.37. The molecular formula is C14H21NO3. The summed E-state index contributed by atoms with van der Waals surface area (Å²) >= 11 is 0. The first-order chi connectivity index (χ1) is 8.60. The summed E-state index contributed by atoms with van der Waals surface area (Å²) in [7, 11) is 0. The maximum atomic E-state index is 12.0. The molecule has 1 fully saturated rings. The number of allylic oxidation sites excluding steroid dienone is 2. The van der Waals surface area contributed by atoms with Gasteiger partial charge in [0.2, 0.25) is 5.91 Å². The van der Waals surface area contributed by atoms with Crippen LogP contribution >= 0.6 is 0 Å². The van der Waals surface area contributed by atoms with Gasteiger partial charge in [0.1, 0.15) is 0 Å². The summed E-state index contributed by atoms with van der Waals surface area (Å²) in [5.74, 6) is -0.471. The first-order valence-corrected chi connectivity index (χ1v) is 6.79. The van der Waals surface area contributed by atoms with E-state index in [1.807, 2.05) is 0 Å². The average Bonchev–Trinajstić information content (AvgIpc) is 2.89. The number of aliphatic carboxylic acids is 1. The minimum absolute atomic E-state index is 0.00898. The van der Waals surface area contributed by atoms with Crippen molar-refractivity contribution in [3.63, 3.8) is 0 Å². The van der Waals surface area contributed by atoms with Crippen LogP contribution in [0.15, 0.2) is 12.2 Å². The molecule has 0 aliphatic heterocycles. The van der Waals surface area contributed by atoms with Crippen molar-refractivity contribution < 1.29 is 14.7 Å². The van der Waals surface area contributed by atoms with E-state index in [-0.39, 0.29) is 12.3 Å². The van der Waals surface area contributed by atoms with Gasteiger partial charge < -0.3 is 10.4 Å². The molecule has 0 aromatic carbocycles. The molecule has 0 radical (unpaired) electrons. The molecule has 1 amide bonds. The molecule has 2 aliphatic carbocycles. The highest BCUT2D eigenvalue weighted by molar-refractivity contribution is 5.79. The molecule has 2 N–H and O–H groups in total. The summed E-state index contributed by atoms with van der Waals surface area (Å²) < 4.78 is 0. The summed E-state index contributed by atoms with van der Waals surface area (Å²) in [4.78, 5) is 22.9. The van der Waals surface area contributed by atoms with E-state index >= 15 is 0 Å². The summed E-state index contributed by atoms with van der Waals surface area (Å²) in [6.07, 6.45) is 10.5. The van der Waals surface area contributed by atoms with Gasteiger partial charge in [-0.1, -0.05) is 25.0 Å². The van der Waals surface area contributed by atoms with E-state index in [9.17, 15) is 9.59 Å². The number of carbonyl (C=O) groups excluding carboxylic acids is 1. The van der Waals surface area contributed by atoms with E-state index in [1.165, 1.54) is 0 Å². The van der Waals surface area contributed by atoms with E-state index in [4.69, 9.17) is 5.11 Å². The van der Waals surface area contributed by atoms with Gasteiger partial charge in [-0.25, -0.2) is 0 Å². The Morgan fingerprint density at radius 3 is 2.61 bits per heavy atom. The fourth-order valence-corrected chi connectivity index (χ4v) is 3.14. The Hall–Kier alpha value is -1.32. The lowest BCUT2D eigenvalue weighted by Crippen LogP contribution is -2.48. The van der Waals surface area contributed by atoms with Gasteiger partial charge in [-0.3, -0.25) is 9.59 Å². The Balaban J connectivity index is 1.89. The summed E-state index contributed by atoms with van der Waals surface area (Å²) in [6, 6.07) is 0. The number of carbonyl (C=O) groups is 2. The molecule has 1 atom stereocenters. The molecule has 0 aromatic rings. The van der Waals surface area contributed by atoms with Crippen LogP contribution in [0.5, 0.6) is 0 Å². The predicted molar refractivity (Wildman–Crippen MR) is 68.1 cm³/mol. The molecular weight excluding hydrogens is 230 g/mol. The van der Waals surface area contributed by atoms with Crippen molar-refractivity contribution >= 4 is 11.9 Å². The predicted octanol–water partition coefficient (Wildman–Crippen LogP) is 2.25. The number of hydrogen-bond donors (Lipinski definition) is 2. The van der Waals surface area contributed by atoms with Crippen LogP contribution in [0.3, 0.4) is 0 Å². The van der Waals surface area contributed by atoms with Gasteiger partial charge in [0, 0.05) is 6.42 Å². The van der Waals surface area contributed by atoms with Crippen LogP contribution in [0.1, 0.15) is 51.4 Å². The Kier molecular flexibility index (Phi) is 4.04. The third-order valence-corrected chi connectivity index (χ3v) is 4.01. The second-order valence-electron chi connectivity index (χ2n) is 5.58. The third-order valence-electron chi connectivity index (χ3n) is 4.01. The Labute approximate surface area is 107 Å². The fraction of sp³-hybridized carbons (Fsp3) is 0.714. The third kappa shape index (κ3) is 3.34. The van der Waals surface area contributed by atoms with Crippen LogP contribution in [0.2, 0.25) is 0 Å². The van der Waals surface area contributed by atoms with Crippen molar-refractivity contribution in [3.05, 3.63) is 12.2 Å². The van der Waals surface area contributed by atoms with E-state index < -0.39 is 11.5 Å². The van der Waals surface area contributed by atoms with Gasteiger partial charge in [0.05, 0.1) is 12.0 Å². The molecule has 4 nitrogen and oxygen atoms in total. The van der Waals surface area contributed by atoms with Gasteiger partial charge >= 0.3 is 5.97 Å². The minimum atomic E-state index is -0.821. The second-order valence-corrected chi connectivity index (χ2v) is 5.58. The van der Waals surface area contributed by atoms with Crippen molar-refractivity contribution in [2.45, 2.75) is 56.9 Å². The first kappa shape index (κ1) is 13.1. The summed E-state index contributed by atoms with van der Waals surface area (Å²) in [5, 5.41) is 12.0. The van der Waals surface area contributed by atoms with Gasteiger partial charge in [0.25, 0.3) is 0 Å². The number of nitrogens with one attached hydrogen (secondary N) is 1. The topological polar surface area (TPSA) is 66.4 Å². The largest absolute Gasteiger partial charge is 0.481 e. The molecule has 2 rings (SSSR count). The SMILES string of the molecule is O=C(O)CC1(NC(=O)CC2C=CCC2)CCCC1. The smallest absolute Gasteiger partial charge is 0.305 e. The normalized spacial score (nSPS) is 25.2. The Morgan fingerprint density at radius 1 is 1.33 bits per heavy atom. The maximum Gasteiger partial charge on any atom is 0.305 e. The van der Waals surface area contributed by atoms with E-state index in [1.54, 1.807) is 0 Å². The molecule has 18 heavy (non-hydrogen) atoms. The number of amides is 1. The maximum absolute atomic E-state index is 12.0. The molecule has 1 unspecified atom stereocenters. The lowest BCUT2D eigenvalue weighted by atomic mass is 9.92. The van der Waals surface area contributed by atoms with Crippen LogP contribution in [-0.2, 0) is 9.59 Å². The molecule has 2 aliphatic rings. The molecule has 0 spiro atoms. The molecule has 4 heteroatoms. The van der Waals surface area contributed by atoms with E-state index in [0.717, 1.165) is 38.5 Å². The van der Waals surface area contributed by atoms with Crippen molar-refractivity contribution in [1.29, 1.82) is 0 Å². The van der Waals surface area contributed by atoms with E-state index in [0.29, 0.717) is 12.3 Å². The van der Waals surface area contributed by atoms with Gasteiger partial charge in [0.15, 0.2) is 0 Å². The molecule has 0 heterocycles. The van der Waals surface area contributed by atoms with Crippen LogP contribution in [0.4, 0.5) is 0 Å². The quantitative estimate of drug-likeness (QED) is 0.736. The average molecular weight is 251 g/mol. The monoisotopic (exact) mass is 251 g/mol. The standard InChI is InChI=1S/C14H21NO3/c16-12(9-11-5-1-2-6-11)15-14(10-13(17)18)7-3-4-8-14/h1,5,11H,2-4,6-10H2,(H,15,16)(H,17,18). The van der Waals surface area contributed by atoms with Gasteiger partial charge in [-0.2, -0.15) is 0 Å². The molecule has 0 bridgehead atoms. The highest BCUT2D eigenvalue weighted by atomic mass is 16.4. The number of hydrogen-bond acceptors (Lipinski definition) is 2. The van der Waals surface area contributed by atoms with Crippen molar-refractivity contribution in [2.24, 2.45) is 5.92 Å². The number of carboxylic acid groups (broad SMARTS) is 1. The molecule has 0 saturated heterocycles. The van der Waals surface area contributed by atoms with Crippen molar-refractivity contribution in [3.8, 4) is 0 Å². The first-order valence-electron chi connectivity index (χ1n) is 6.79. The fourth-order valence-electron chi connectivity index (χ4n) is 3.14. The molecule has 0 aromatic heterocycles. The van der Waals surface area contributed by atoms with Crippen LogP contribution in [0.25, 0.3) is 0 Å². The molecule has 1 saturated carbocycles. The number of rotatable bonds is 5. The number of carboxylic acids is 1. The van der Waals surface area contributed by atoms with Gasteiger partial charge in [-0.15, -0.1) is 0 Å². The van der Waals surface area contributed by atoms with Crippen LogP contribution < -0.4 is 5.32 Å². The Bertz CT molecular complexity index is 356. The lowest BCUT2D eigenvalue weighted by molar-refractivity contribution is -0.139. The van der Waals surface area contributed by atoms with Crippen molar-refractivity contribution in [1.82, 2.24) is 5.32 Å². The van der Waals surface area contributed by atoms with Crippen LogP contribution in [-0.4, -0.2) is 22.5 Å². The highest BCUT2D eigenvalue weighted by Crippen LogP contribution is 2.33. The Morgan fingerprint density at radius 2 is 2.06 bits per heavy atom. The lowest BCUT2D eigenvalue weighted by Gasteiger charge is -2.29. The van der Waals surface area contributed by atoms with Gasteiger partial charge in [-0.05, 0) is 31.6 Å². The zero-order chi connectivity index (χ0) is 13.0. The second kappa shape index (κ2) is 5.55. The van der Waals surface area contributed by atoms with Crippen molar-refractivity contribution in [2.75, 3.05) is 0 Å². The zero-order valence-corrected chi connectivity index (χ0v) is 10.7. The van der Waals surface area contributed by atoms with E-state index in [2.05, 4.69) is 17.5 Å². The summed E-state index contributed by atoms with van der Waals surface area (Å²) in [6.45, 7) is 0. The van der Waals surface area contributed by atoms with Crippen LogP contribution in [0, 0.1) is 5.92 Å².